The van der Waals surface area contributed by atoms with Gasteiger partial charge >= 0.3 is 0 Å². The van der Waals surface area contributed by atoms with E-state index < -0.39 is 0 Å². The third kappa shape index (κ3) is 1.71. The van der Waals surface area contributed by atoms with Crippen molar-refractivity contribution in [2.24, 2.45) is 0 Å². The van der Waals surface area contributed by atoms with Crippen LogP contribution in [0, 0.1) is 6.92 Å². The largest absolute Gasteiger partial charge is 0.339 e. The van der Waals surface area contributed by atoms with E-state index in [2.05, 4.69) is 17.4 Å². The molecule has 2 aromatic heterocycles. The highest BCUT2D eigenvalue weighted by molar-refractivity contribution is 5.95. The molecule has 3 rings (SSSR count). The van der Waals surface area contributed by atoms with Crippen molar-refractivity contribution in [3.63, 3.8) is 0 Å². The van der Waals surface area contributed by atoms with Crippen LogP contribution in [-0.4, -0.2) is 28.3 Å². The van der Waals surface area contributed by atoms with Gasteiger partial charge in [0.05, 0.1) is 5.56 Å². The lowest BCUT2D eigenvalue weighted by Gasteiger charge is -2.13. The molecule has 0 unspecified atom stereocenters. The summed E-state index contributed by atoms with van der Waals surface area (Å²) in [5.41, 5.74) is 3.05. The van der Waals surface area contributed by atoms with Crippen molar-refractivity contribution >= 4 is 11.4 Å². The van der Waals surface area contributed by atoms with E-state index >= 15 is 0 Å². The third-order valence-electron chi connectivity index (χ3n) is 3.47. The van der Waals surface area contributed by atoms with E-state index in [0.29, 0.717) is 0 Å². The molecule has 0 saturated carbocycles. The number of fused-ring (bicyclic) bond motifs is 1. The Balaban J connectivity index is 2.00. The molecule has 17 heavy (non-hydrogen) atoms. The van der Waals surface area contributed by atoms with Crippen LogP contribution in [0.15, 0.2) is 30.5 Å². The van der Waals surface area contributed by atoms with Crippen LogP contribution in [0.5, 0.6) is 0 Å². The summed E-state index contributed by atoms with van der Waals surface area (Å²) >= 11 is 0. The summed E-state index contributed by atoms with van der Waals surface area (Å²) in [6.07, 6.45) is 4.22. The van der Waals surface area contributed by atoms with Gasteiger partial charge < -0.3 is 9.30 Å². The number of hydrogen-bond donors (Lipinski definition) is 0. The summed E-state index contributed by atoms with van der Waals surface area (Å²) in [5, 5.41) is 0. The van der Waals surface area contributed by atoms with E-state index in [1.807, 2.05) is 29.3 Å². The Labute approximate surface area is 101 Å². The molecule has 3 heterocycles. The maximum atomic E-state index is 12.2. The minimum atomic E-state index is 0.172. The van der Waals surface area contributed by atoms with Gasteiger partial charge in [0.2, 0.25) is 0 Å². The minimum absolute atomic E-state index is 0.172. The molecule has 0 aromatic carbocycles. The number of aromatic nitrogens is 1. The van der Waals surface area contributed by atoms with Crippen LogP contribution in [-0.2, 0) is 0 Å². The average Bonchev–Trinajstić information content (AvgIpc) is 2.98. The van der Waals surface area contributed by atoms with Gasteiger partial charge in [-0.25, -0.2) is 0 Å². The van der Waals surface area contributed by atoms with E-state index in [1.54, 1.807) is 0 Å². The number of likely N-dealkylation sites (tertiary alicyclic amines) is 1. The van der Waals surface area contributed by atoms with Crippen molar-refractivity contribution in [3.8, 4) is 0 Å². The van der Waals surface area contributed by atoms with Gasteiger partial charge in [-0.15, -0.1) is 0 Å². The van der Waals surface area contributed by atoms with Crippen LogP contribution in [0.2, 0.25) is 0 Å². The summed E-state index contributed by atoms with van der Waals surface area (Å²) < 4.78 is 2.07. The van der Waals surface area contributed by atoms with Crippen LogP contribution < -0.4 is 0 Å². The van der Waals surface area contributed by atoms with Crippen LogP contribution in [0.1, 0.15) is 28.9 Å². The number of nitrogens with zero attached hydrogens (tertiary/aromatic N) is 2. The molecule has 1 amide bonds. The molecular weight excluding hydrogens is 212 g/mol. The maximum absolute atomic E-state index is 12.2. The minimum Gasteiger partial charge on any atom is -0.339 e. The first-order valence-electron chi connectivity index (χ1n) is 6.13. The van der Waals surface area contributed by atoms with Gasteiger partial charge in [0.15, 0.2) is 0 Å². The molecule has 3 nitrogen and oxygen atoms in total. The smallest absolute Gasteiger partial charge is 0.255 e. The van der Waals surface area contributed by atoms with Crippen molar-refractivity contribution in [2.45, 2.75) is 19.8 Å². The zero-order valence-corrected chi connectivity index (χ0v) is 10.0. The van der Waals surface area contributed by atoms with E-state index in [9.17, 15) is 4.79 Å². The Kier molecular flexibility index (Phi) is 2.39. The lowest BCUT2D eigenvalue weighted by molar-refractivity contribution is 0.0793. The highest BCUT2D eigenvalue weighted by Crippen LogP contribution is 2.17. The quantitative estimate of drug-likeness (QED) is 0.736. The summed E-state index contributed by atoms with van der Waals surface area (Å²) in [6.45, 7) is 3.87. The predicted octanol–water partition coefficient (Wildman–Crippen LogP) is 2.48. The number of hydrogen-bond acceptors (Lipinski definition) is 1. The maximum Gasteiger partial charge on any atom is 0.255 e. The third-order valence-corrected chi connectivity index (χ3v) is 3.47. The monoisotopic (exact) mass is 228 g/mol. The highest BCUT2D eigenvalue weighted by Gasteiger charge is 2.20. The number of aryl methyl sites for hydroxylation is 1. The first-order valence-corrected chi connectivity index (χ1v) is 6.13. The van der Waals surface area contributed by atoms with Crippen LogP contribution >= 0.6 is 0 Å². The molecule has 0 bridgehead atoms. The standard InChI is InChI=1S/C14H16N2O/c1-11-5-4-6-13-9-12(10-16(11)13)14(17)15-7-2-3-8-15/h4-6,9-10H,2-3,7-8H2,1H3. The normalized spacial score (nSPS) is 15.7. The van der Waals surface area contributed by atoms with E-state index in [0.717, 1.165) is 42.7 Å². The number of carbonyl (C=O) groups is 1. The Bertz CT molecular complexity index is 565. The van der Waals surface area contributed by atoms with E-state index in [4.69, 9.17) is 0 Å². The first-order chi connectivity index (χ1) is 8.25. The van der Waals surface area contributed by atoms with Gasteiger partial charge in [0.25, 0.3) is 5.91 Å². The molecule has 1 aliphatic rings. The molecule has 0 N–H and O–H groups in total. The highest BCUT2D eigenvalue weighted by atomic mass is 16.2. The van der Waals surface area contributed by atoms with Gasteiger partial charge in [0, 0.05) is 30.5 Å². The molecular formula is C14H16N2O. The van der Waals surface area contributed by atoms with Crippen molar-refractivity contribution in [1.82, 2.24) is 9.30 Å². The van der Waals surface area contributed by atoms with Gasteiger partial charge in [-0.1, -0.05) is 6.07 Å². The van der Waals surface area contributed by atoms with Crippen molar-refractivity contribution in [1.29, 1.82) is 0 Å². The van der Waals surface area contributed by atoms with Crippen molar-refractivity contribution in [2.75, 3.05) is 13.1 Å². The number of pyridine rings is 1. The van der Waals surface area contributed by atoms with E-state index in [1.165, 1.54) is 0 Å². The molecule has 0 atom stereocenters. The second kappa shape index (κ2) is 3.91. The van der Waals surface area contributed by atoms with E-state index in [-0.39, 0.29) is 5.91 Å². The van der Waals surface area contributed by atoms with Gasteiger partial charge in [-0.3, -0.25) is 4.79 Å². The SMILES string of the molecule is Cc1cccc2cc(C(=O)N3CCCC3)cn12. The molecule has 0 radical (unpaired) electrons. The summed E-state index contributed by atoms with van der Waals surface area (Å²) in [6, 6.07) is 8.09. The number of amides is 1. The number of carbonyl (C=O) groups excluding carboxylic acids is 1. The molecule has 0 spiro atoms. The van der Waals surface area contributed by atoms with Crippen LogP contribution in [0.4, 0.5) is 0 Å². The van der Waals surface area contributed by atoms with Crippen LogP contribution in [0.25, 0.3) is 5.52 Å². The summed E-state index contributed by atoms with van der Waals surface area (Å²) in [5.74, 6) is 0.172. The predicted molar refractivity (Wildman–Crippen MR) is 67.3 cm³/mol. The van der Waals surface area contributed by atoms with Gasteiger partial charge in [0.1, 0.15) is 0 Å². The zero-order valence-electron chi connectivity index (χ0n) is 10.0. The lowest BCUT2D eigenvalue weighted by atomic mass is 10.3. The molecule has 3 heteroatoms. The summed E-state index contributed by atoms with van der Waals surface area (Å²) in [7, 11) is 0. The molecule has 88 valence electrons. The van der Waals surface area contributed by atoms with Crippen LogP contribution in [0.3, 0.4) is 0 Å². The second-order valence-electron chi connectivity index (χ2n) is 4.69. The fourth-order valence-electron chi connectivity index (χ4n) is 2.50. The Hall–Kier alpha value is -1.77. The lowest BCUT2D eigenvalue weighted by Crippen LogP contribution is -2.27. The average molecular weight is 228 g/mol. The topological polar surface area (TPSA) is 24.7 Å². The Morgan fingerprint density at radius 1 is 1.24 bits per heavy atom. The Morgan fingerprint density at radius 3 is 2.71 bits per heavy atom. The van der Waals surface area contributed by atoms with Gasteiger partial charge in [-0.05, 0) is 38.0 Å². The molecule has 1 saturated heterocycles. The first kappa shape index (κ1) is 10.4. The fraction of sp³-hybridized carbons (Fsp3) is 0.357. The van der Waals surface area contributed by atoms with Crippen molar-refractivity contribution in [3.05, 3.63) is 41.7 Å². The molecule has 2 aromatic rings. The molecule has 0 aliphatic carbocycles. The van der Waals surface area contributed by atoms with Gasteiger partial charge in [-0.2, -0.15) is 0 Å². The fourth-order valence-corrected chi connectivity index (χ4v) is 2.50. The zero-order chi connectivity index (χ0) is 11.8. The van der Waals surface area contributed by atoms with Crippen molar-refractivity contribution < 1.29 is 4.79 Å². The molecule has 1 aliphatic heterocycles. The Morgan fingerprint density at radius 2 is 2.00 bits per heavy atom. The number of rotatable bonds is 1. The molecule has 1 fully saturated rings. The summed E-state index contributed by atoms with van der Waals surface area (Å²) in [4.78, 5) is 14.2. The second-order valence-corrected chi connectivity index (χ2v) is 4.69.